The highest BCUT2D eigenvalue weighted by Crippen LogP contribution is 2.37. The van der Waals surface area contributed by atoms with Gasteiger partial charge < -0.3 is 10.1 Å². The number of hydrogen-bond acceptors (Lipinski definition) is 4. The Bertz CT molecular complexity index is 1100. The van der Waals surface area contributed by atoms with Crippen LogP contribution in [0.15, 0.2) is 60.0 Å². The number of carbonyl (C=O) groups is 2. The number of carbonyl (C=O) groups excluding carboxylic acids is 2. The number of hydrogen-bond donors (Lipinski definition) is 1. The lowest BCUT2D eigenvalue weighted by Crippen LogP contribution is -2.11. The van der Waals surface area contributed by atoms with Gasteiger partial charge in [-0.05, 0) is 54.0 Å². The molecule has 30 heavy (non-hydrogen) atoms. The monoisotopic (exact) mass is 417 g/mol. The van der Waals surface area contributed by atoms with E-state index in [9.17, 15) is 9.59 Å². The SMILES string of the molecule is COC(=O)c1c(-c2ccc3c(c2)CCCC3)csc1NC(=O)/C=C/c1ccccc1. The van der Waals surface area contributed by atoms with E-state index in [0.29, 0.717) is 10.6 Å². The second kappa shape index (κ2) is 9.09. The molecule has 0 atom stereocenters. The van der Waals surface area contributed by atoms with Crippen molar-refractivity contribution in [1.82, 2.24) is 0 Å². The van der Waals surface area contributed by atoms with Gasteiger partial charge in [-0.15, -0.1) is 11.3 Å². The van der Waals surface area contributed by atoms with Gasteiger partial charge in [-0.2, -0.15) is 0 Å². The van der Waals surface area contributed by atoms with Crippen LogP contribution in [0, 0.1) is 0 Å². The van der Waals surface area contributed by atoms with Crippen LogP contribution in [-0.4, -0.2) is 19.0 Å². The molecule has 2 aromatic carbocycles. The maximum atomic E-state index is 12.6. The first-order chi connectivity index (χ1) is 14.7. The third kappa shape index (κ3) is 4.36. The van der Waals surface area contributed by atoms with Crippen LogP contribution >= 0.6 is 11.3 Å². The van der Waals surface area contributed by atoms with Gasteiger partial charge in [0.15, 0.2) is 0 Å². The summed E-state index contributed by atoms with van der Waals surface area (Å²) in [7, 11) is 1.36. The van der Waals surface area contributed by atoms with Gasteiger partial charge in [-0.1, -0.05) is 48.5 Å². The zero-order valence-electron chi connectivity index (χ0n) is 16.8. The summed E-state index contributed by atoms with van der Waals surface area (Å²) in [5, 5.41) is 5.25. The van der Waals surface area contributed by atoms with Gasteiger partial charge >= 0.3 is 5.97 Å². The first kappa shape index (κ1) is 20.1. The maximum Gasteiger partial charge on any atom is 0.341 e. The van der Waals surface area contributed by atoms with Gasteiger partial charge in [0.2, 0.25) is 5.91 Å². The van der Waals surface area contributed by atoms with Crippen LogP contribution in [0.4, 0.5) is 5.00 Å². The lowest BCUT2D eigenvalue weighted by atomic mass is 9.89. The van der Waals surface area contributed by atoms with E-state index in [-0.39, 0.29) is 5.91 Å². The summed E-state index contributed by atoms with van der Waals surface area (Å²) in [5.41, 5.74) is 5.84. The smallest absolute Gasteiger partial charge is 0.341 e. The van der Waals surface area contributed by atoms with Gasteiger partial charge in [0.1, 0.15) is 10.6 Å². The molecular weight excluding hydrogens is 394 g/mol. The van der Waals surface area contributed by atoms with Crippen molar-refractivity contribution in [2.24, 2.45) is 0 Å². The summed E-state index contributed by atoms with van der Waals surface area (Å²) in [5.74, 6) is -0.742. The molecule has 1 aromatic heterocycles. The number of aryl methyl sites for hydroxylation is 2. The predicted molar refractivity (Wildman–Crippen MR) is 122 cm³/mol. The molecular formula is C25H23NO3S. The third-order valence-electron chi connectivity index (χ3n) is 5.30. The van der Waals surface area contributed by atoms with Gasteiger partial charge in [-0.3, -0.25) is 4.79 Å². The second-order valence-corrected chi connectivity index (χ2v) is 8.15. The van der Waals surface area contributed by atoms with Gasteiger partial charge in [0, 0.05) is 17.0 Å². The Kier molecular flexibility index (Phi) is 6.10. The van der Waals surface area contributed by atoms with E-state index in [2.05, 4.69) is 23.5 Å². The van der Waals surface area contributed by atoms with E-state index in [1.807, 2.05) is 35.7 Å². The number of anilines is 1. The molecule has 1 heterocycles. The normalized spacial score (nSPS) is 13.1. The number of benzene rings is 2. The topological polar surface area (TPSA) is 55.4 Å². The van der Waals surface area contributed by atoms with E-state index in [0.717, 1.165) is 29.5 Å². The van der Waals surface area contributed by atoms with Crippen molar-refractivity contribution in [1.29, 1.82) is 0 Å². The molecule has 4 rings (SSSR count). The fraction of sp³-hybridized carbons (Fsp3) is 0.200. The van der Waals surface area contributed by atoms with Crippen molar-refractivity contribution < 1.29 is 14.3 Å². The minimum atomic E-state index is -0.452. The summed E-state index contributed by atoms with van der Waals surface area (Å²) in [6.45, 7) is 0. The average Bonchev–Trinajstić information content (AvgIpc) is 3.21. The van der Waals surface area contributed by atoms with Crippen LogP contribution in [0.25, 0.3) is 17.2 Å². The minimum absolute atomic E-state index is 0.289. The van der Waals surface area contributed by atoms with E-state index < -0.39 is 5.97 Å². The number of rotatable bonds is 5. The molecule has 1 aliphatic carbocycles. The van der Waals surface area contributed by atoms with Crippen molar-refractivity contribution in [3.05, 3.63) is 82.2 Å². The average molecular weight is 418 g/mol. The molecule has 3 aromatic rings. The van der Waals surface area contributed by atoms with Gasteiger partial charge in [0.25, 0.3) is 0 Å². The van der Waals surface area contributed by atoms with Crippen molar-refractivity contribution in [2.45, 2.75) is 25.7 Å². The lowest BCUT2D eigenvalue weighted by Gasteiger charge is -2.16. The number of methoxy groups -OCH3 is 1. The van der Waals surface area contributed by atoms with Gasteiger partial charge in [-0.25, -0.2) is 4.79 Å². The lowest BCUT2D eigenvalue weighted by molar-refractivity contribution is -0.111. The van der Waals surface area contributed by atoms with E-state index in [1.54, 1.807) is 6.08 Å². The zero-order valence-corrected chi connectivity index (χ0v) is 17.6. The van der Waals surface area contributed by atoms with Crippen molar-refractivity contribution in [3.63, 3.8) is 0 Å². The molecule has 0 bridgehead atoms. The number of thiophene rings is 1. The van der Waals surface area contributed by atoms with E-state index in [1.165, 1.54) is 48.5 Å². The Hall–Kier alpha value is -3.18. The van der Waals surface area contributed by atoms with Crippen molar-refractivity contribution in [2.75, 3.05) is 12.4 Å². The van der Waals surface area contributed by atoms with Crippen LogP contribution in [0.5, 0.6) is 0 Å². The summed E-state index contributed by atoms with van der Waals surface area (Å²) in [4.78, 5) is 25.0. The highest BCUT2D eigenvalue weighted by molar-refractivity contribution is 7.15. The minimum Gasteiger partial charge on any atom is -0.465 e. The molecule has 0 saturated heterocycles. The van der Waals surface area contributed by atoms with Crippen LogP contribution < -0.4 is 5.32 Å². The quantitative estimate of drug-likeness (QED) is 0.426. The van der Waals surface area contributed by atoms with Gasteiger partial charge in [0.05, 0.1) is 7.11 Å². The van der Waals surface area contributed by atoms with Crippen LogP contribution in [0.2, 0.25) is 0 Å². The van der Waals surface area contributed by atoms with Crippen LogP contribution in [0.1, 0.15) is 39.9 Å². The molecule has 0 spiro atoms. The summed E-state index contributed by atoms with van der Waals surface area (Å²) < 4.78 is 5.02. The molecule has 5 heteroatoms. The maximum absolute atomic E-state index is 12.6. The van der Waals surface area contributed by atoms with E-state index >= 15 is 0 Å². The number of nitrogens with one attached hydrogen (secondary N) is 1. The Morgan fingerprint density at radius 2 is 1.80 bits per heavy atom. The largest absolute Gasteiger partial charge is 0.465 e. The molecule has 1 N–H and O–H groups in total. The number of ether oxygens (including phenoxy) is 1. The summed E-state index contributed by atoms with van der Waals surface area (Å²) >= 11 is 1.34. The first-order valence-corrected chi connectivity index (χ1v) is 10.9. The van der Waals surface area contributed by atoms with E-state index in [4.69, 9.17) is 4.74 Å². The van der Waals surface area contributed by atoms with Crippen molar-refractivity contribution in [3.8, 4) is 11.1 Å². The summed E-state index contributed by atoms with van der Waals surface area (Å²) in [6.07, 6.45) is 7.80. The molecule has 0 aliphatic heterocycles. The molecule has 1 aliphatic rings. The third-order valence-corrected chi connectivity index (χ3v) is 6.20. The summed E-state index contributed by atoms with van der Waals surface area (Å²) in [6, 6.07) is 16.0. The number of fused-ring (bicyclic) bond motifs is 1. The Morgan fingerprint density at radius 3 is 2.57 bits per heavy atom. The van der Waals surface area contributed by atoms with Crippen LogP contribution in [0.3, 0.4) is 0 Å². The standard InChI is InChI=1S/C25H23NO3S/c1-29-25(28)23-21(20-13-12-18-9-5-6-10-19(18)15-20)16-30-24(23)26-22(27)14-11-17-7-3-2-4-8-17/h2-4,7-8,11-16H,5-6,9-10H2,1H3,(H,26,27)/b14-11+. The highest BCUT2D eigenvalue weighted by Gasteiger charge is 2.22. The number of amides is 1. The highest BCUT2D eigenvalue weighted by atomic mass is 32.1. The van der Waals surface area contributed by atoms with Crippen LogP contribution in [-0.2, 0) is 22.4 Å². The fourth-order valence-electron chi connectivity index (χ4n) is 3.76. The molecule has 0 saturated carbocycles. The second-order valence-electron chi connectivity index (χ2n) is 7.27. The zero-order chi connectivity index (χ0) is 20.9. The molecule has 1 amide bonds. The first-order valence-electron chi connectivity index (χ1n) is 10.0. The molecule has 152 valence electrons. The Balaban J connectivity index is 1.62. The molecule has 0 radical (unpaired) electrons. The Labute approximate surface area is 180 Å². The van der Waals surface area contributed by atoms with Crippen molar-refractivity contribution >= 4 is 34.3 Å². The number of esters is 1. The predicted octanol–water partition coefficient (Wildman–Crippen LogP) is 5.73. The fourth-order valence-corrected chi connectivity index (χ4v) is 4.72. The molecule has 4 nitrogen and oxygen atoms in total. The molecule has 0 unspecified atom stereocenters. The molecule has 0 fully saturated rings. The Morgan fingerprint density at radius 1 is 1.03 bits per heavy atom.